The van der Waals surface area contributed by atoms with Crippen LogP contribution >= 0.6 is 0 Å². The van der Waals surface area contributed by atoms with Crippen LogP contribution in [0.15, 0.2) is 22.8 Å². The molecule has 6 nitrogen and oxygen atoms in total. The molecule has 0 radical (unpaired) electrons. The molecule has 0 spiro atoms. The van der Waals surface area contributed by atoms with Gasteiger partial charge in [0.05, 0.1) is 17.7 Å². The van der Waals surface area contributed by atoms with E-state index in [0.717, 1.165) is 0 Å². The van der Waals surface area contributed by atoms with Crippen molar-refractivity contribution in [2.75, 3.05) is 0 Å². The second-order valence-corrected chi connectivity index (χ2v) is 4.68. The third kappa shape index (κ3) is 1.80. The molecule has 20 heavy (non-hydrogen) atoms. The molecule has 0 bridgehead atoms. The number of fused-ring (bicyclic) bond motifs is 1. The monoisotopic (exact) mass is 270 g/mol. The topological polar surface area (TPSA) is 103 Å². The van der Waals surface area contributed by atoms with Crippen LogP contribution in [0.25, 0.3) is 11.0 Å². The van der Waals surface area contributed by atoms with Crippen molar-refractivity contribution in [2.24, 2.45) is 0 Å². The van der Waals surface area contributed by atoms with Crippen LogP contribution in [0.4, 0.5) is 0 Å². The Kier molecular flexibility index (Phi) is 2.68. The molecule has 1 unspecified atom stereocenters. The molecule has 1 atom stereocenters. The van der Waals surface area contributed by atoms with Gasteiger partial charge >= 0.3 is 0 Å². The minimum absolute atomic E-state index is 0.0657. The van der Waals surface area contributed by atoms with E-state index < -0.39 is 5.92 Å². The van der Waals surface area contributed by atoms with Gasteiger partial charge in [0.2, 0.25) is 11.8 Å². The second-order valence-electron chi connectivity index (χ2n) is 4.68. The minimum atomic E-state index is -0.512. The summed E-state index contributed by atoms with van der Waals surface area (Å²) in [6.45, 7) is 0. The fourth-order valence-corrected chi connectivity index (χ4v) is 2.48. The lowest BCUT2D eigenvalue weighted by molar-refractivity contribution is -0.134. The van der Waals surface area contributed by atoms with Crippen LogP contribution in [0.2, 0.25) is 0 Å². The lowest BCUT2D eigenvalue weighted by Crippen LogP contribution is -2.39. The molecule has 2 heterocycles. The van der Waals surface area contributed by atoms with Crippen LogP contribution < -0.4 is 5.32 Å². The maximum absolute atomic E-state index is 11.9. The van der Waals surface area contributed by atoms with Gasteiger partial charge in [-0.05, 0) is 12.5 Å². The Morgan fingerprint density at radius 3 is 2.90 bits per heavy atom. The maximum atomic E-state index is 11.9. The molecule has 2 amide bonds. The second kappa shape index (κ2) is 4.38. The van der Waals surface area contributed by atoms with E-state index in [0.29, 0.717) is 23.0 Å². The number of hydrogen-bond donors (Lipinski definition) is 2. The predicted octanol–water partition coefficient (Wildman–Crippen LogP) is 1.53. The molecule has 1 aliphatic rings. The SMILES string of the molecule is N#Cc1cc(O)cc2c(C3CCC(=O)NC3=O)coc12. The average molecular weight is 270 g/mol. The minimum Gasteiger partial charge on any atom is -0.508 e. The number of furan rings is 1. The molecule has 0 aliphatic carbocycles. The number of carbonyl (C=O) groups excluding carboxylic acids is 2. The summed E-state index contributed by atoms with van der Waals surface area (Å²) in [6.07, 6.45) is 2.05. The van der Waals surface area contributed by atoms with Gasteiger partial charge in [-0.25, -0.2) is 0 Å². The Hall–Kier alpha value is -2.81. The van der Waals surface area contributed by atoms with Crippen molar-refractivity contribution in [3.63, 3.8) is 0 Å². The Morgan fingerprint density at radius 2 is 2.20 bits per heavy atom. The summed E-state index contributed by atoms with van der Waals surface area (Å²) in [5.41, 5.74) is 1.13. The first-order valence-electron chi connectivity index (χ1n) is 6.08. The summed E-state index contributed by atoms with van der Waals surface area (Å²) in [4.78, 5) is 23.1. The normalized spacial score (nSPS) is 18.9. The molecular weight excluding hydrogens is 260 g/mol. The van der Waals surface area contributed by atoms with Crippen LogP contribution in [0, 0.1) is 11.3 Å². The van der Waals surface area contributed by atoms with E-state index in [4.69, 9.17) is 9.68 Å². The summed E-state index contributed by atoms with van der Waals surface area (Å²) < 4.78 is 5.36. The fourth-order valence-electron chi connectivity index (χ4n) is 2.48. The lowest BCUT2D eigenvalue weighted by atomic mass is 9.90. The van der Waals surface area contributed by atoms with Crippen molar-refractivity contribution >= 4 is 22.8 Å². The van der Waals surface area contributed by atoms with E-state index in [2.05, 4.69) is 5.32 Å². The first-order valence-corrected chi connectivity index (χ1v) is 6.08. The third-order valence-corrected chi connectivity index (χ3v) is 3.42. The number of nitrogens with zero attached hydrogens (tertiary/aromatic N) is 1. The van der Waals surface area contributed by atoms with Crippen molar-refractivity contribution in [1.82, 2.24) is 5.32 Å². The molecular formula is C14H10N2O4. The Morgan fingerprint density at radius 1 is 1.40 bits per heavy atom. The maximum Gasteiger partial charge on any atom is 0.234 e. The predicted molar refractivity (Wildman–Crippen MR) is 67.7 cm³/mol. The van der Waals surface area contributed by atoms with Crippen LogP contribution in [0.5, 0.6) is 5.75 Å². The molecule has 6 heteroatoms. The van der Waals surface area contributed by atoms with Gasteiger partial charge < -0.3 is 9.52 Å². The number of aromatic hydroxyl groups is 1. The van der Waals surface area contributed by atoms with Gasteiger partial charge in [0.1, 0.15) is 11.8 Å². The third-order valence-electron chi connectivity index (χ3n) is 3.42. The first kappa shape index (κ1) is 12.2. The molecule has 1 fully saturated rings. The number of rotatable bonds is 1. The zero-order valence-corrected chi connectivity index (χ0v) is 10.3. The van der Waals surface area contributed by atoms with E-state index in [9.17, 15) is 14.7 Å². The summed E-state index contributed by atoms with van der Waals surface area (Å²) >= 11 is 0. The highest BCUT2D eigenvalue weighted by molar-refractivity contribution is 6.03. The number of phenolic OH excluding ortho intramolecular Hbond substituents is 1. The van der Waals surface area contributed by atoms with Crippen molar-refractivity contribution < 1.29 is 19.1 Å². The molecule has 1 aromatic carbocycles. The number of imide groups is 1. The van der Waals surface area contributed by atoms with E-state index in [-0.39, 0.29) is 29.5 Å². The lowest BCUT2D eigenvalue weighted by Gasteiger charge is -2.19. The Labute approximate surface area is 113 Å². The van der Waals surface area contributed by atoms with Crippen molar-refractivity contribution in [3.8, 4) is 11.8 Å². The number of nitrogens with one attached hydrogen (secondary N) is 1. The molecule has 100 valence electrons. The highest BCUT2D eigenvalue weighted by Gasteiger charge is 2.30. The Balaban J connectivity index is 2.14. The highest BCUT2D eigenvalue weighted by Crippen LogP contribution is 2.35. The van der Waals surface area contributed by atoms with Gasteiger partial charge in [0, 0.05) is 23.4 Å². The number of carbonyl (C=O) groups is 2. The first-order chi connectivity index (χ1) is 9.60. The van der Waals surface area contributed by atoms with Crippen LogP contribution in [0.1, 0.15) is 29.9 Å². The standard InChI is InChI=1S/C14H10N2O4/c15-5-7-3-8(17)4-10-11(6-20-13(7)10)9-1-2-12(18)16-14(9)19/h3-4,6,9,17H,1-2H2,(H,16,18,19). The molecule has 1 aromatic heterocycles. The van der Waals surface area contributed by atoms with E-state index in [1.165, 1.54) is 18.4 Å². The van der Waals surface area contributed by atoms with Gasteiger partial charge in [0.15, 0.2) is 5.58 Å². The van der Waals surface area contributed by atoms with Crippen LogP contribution in [-0.4, -0.2) is 16.9 Å². The molecule has 2 aromatic rings. The van der Waals surface area contributed by atoms with Gasteiger partial charge in [-0.3, -0.25) is 14.9 Å². The number of benzene rings is 1. The fraction of sp³-hybridized carbons (Fsp3) is 0.214. The van der Waals surface area contributed by atoms with Crippen molar-refractivity contribution in [3.05, 3.63) is 29.5 Å². The van der Waals surface area contributed by atoms with Crippen LogP contribution in [-0.2, 0) is 9.59 Å². The number of amides is 2. The van der Waals surface area contributed by atoms with Gasteiger partial charge in [-0.2, -0.15) is 5.26 Å². The number of phenols is 1. The number of hydrogen-bond acceptors (Lipinski definition) is 5. The van der Waals surface area contributed by atoms with Crippen LogP contribution in [0.3, 0.4) is 0 Å². The summed E-state index contributed by atoms with van der Waals surface area (Å²) in [6, 6.07) is 4.70. The molecule has 2 N–H and O–H groups in total. The smallest absolute Gasteiger partial charge is 0.234 e. The zero-order chi connectivity index (χ0) is 14.3. The molecule has 1 saturated heterocycles. The van der Waals surface area contributed by atoms with Crippen molar-refractivity contribution in [1.29, 1.82) is 5.26 Å². The summed E-state index contributed by atoms with van der Waals surface area (Å²) in [5.74, 6) is -1.25. The average Bonchev–Trinajstić information content (AvgIpc) is 2.81. The molecule has 0 saturated carbocycles. The Bertz CT molecular complexity index is 769. The van der Waals surface area contributed by atoms with E-state index in [1.54, 1.807) is 0 Å². The molecule has 1 aliphatic heterocycles. The summed E-state index contributed by atoms with van der Waals surface area (Å²) in [7, 11) is 0. The zero-order valence-electron chi connectivity index (χ0n) is 10.3. The van der Waals surface area contributed by atoms with Gasteiger partial charge in [0.25, 0.3) is 0 Å². The quantitative estimate of drug-likeness (QED) is 0.765. The largest absolute Gasteiger partial charge is 0.508 e. The van der Waals surface area contributed by atoms with E-state index >= 15 is 0 Å². The summed E-state index contributed by atoms with van der Waals surface area (Å²) in [5, 5.41) is 21.5. The number of piperidine rings is 1. The van der Waals surface area contributed by atoms with Gasteiger partial charge in [-0.15, -0.1) is 0 Å². The van der Waals surface area contributed by atoms with Crippen molar-refractivity contribution in [2.45, 2.75) is 18.8 Å². The highest BCUT2D eigenvalue weighted by atomic mass is 16.3. The number of nitriles is 1. The van der Waals surface area contributed by atoms with Gasteiger partial charge in [-0.1, -0.05) is 0 Å². The van der Waals surface area contributed by atoms with E-state index in [1.807, 2.05) is 6.07 Å². The molecule has 3 rings (SSSR count).